The van der Waals surface area contributed by atoms with E-state index in [4.69, 9.17) is 23.2 Å². The van der Waals surface area contributed by atoms with Gasteiger partial charge in [-0.2, -0.15) is 0 Å². The van der Waals surface area contributed by atoms with E-state index in [1.165, 1.54) is 0 Å². The zero-order valence-corrected chi connectivity index (χ0v) is 13.3. The van der Waals surface area contributed by atoms with Crippen LogP contribution in [-0.2, 0) is 4.79 Å². The number of hydrogen-bond acceptors (Lipinski definition) is 2. The van der Waals surface area contributed by atoms with Crippen molar-refractivity contribution in [1.82, 2.24) is 5.32 Å². The van der Waals surface area contributed by atoms with Gasteiger partial charge in [0.15, 0.2) is 0 Å². The van der Waals surface area contributed by atoms with Crippen LogP contribution in [0.1, 0.15) is 20.3 Å². The van der Waals surface area contributed by atoms with Gasteiger partial charge in [0, 0.05) is 10.5 Å². The summed E-state index contributed by atoms with van der Waals surface area (Å²) in [5.74, 6) is -0.143. The Kier molecular flexibility index (Phi) is 6.43. The Hall–Kier alpha value is -0.290. The van der Waals surface area contributed by atoms with Crippen molar-refractivity contribution >= 4 is 50.7 Å². The smallest absolute Gasteiger partial charge is 0.238 e. The molecule has 0 fully saturated rings. The van der Waals surface area contributed by atoms with Gasteiger partial charge in [-0.05, 0) is 41.4 Å². The van der Waals surface area contributed by atoms with Crippen molar-refractivity contribution < 1.29 is 4.79 Å². The molecule has 0 saturated carbocycles. The second-order valence-electron chi connectivity index (χ2n) is 3.96. The van der Waals surface area contributed by atoms with Crippen LogP contribution < -0.4 is 10.6 Å². The summed E-state index contributed by atoms with van der Waals surface area (Å²) in [7, 11) is 0. The number of halogens is 3. The molecule has 3 nitrogen and oxygen atoms in total. The molecule has 1 unspecified atom stereocenters. The molecular weight excluding hydrogens is 339 g/mol. The summed E-state index contributed by atoms with van der Waals surface area (Å²) in [4.78, 5) is 11.7. The molecule has 100 valence electrons. The van der Waals surface area contributed by atoms with Crippen molar-refractivity contribution in [3.05, 3.63) is 26.7 Å². The third kappa shape index (κ3) is 4.43. The Morgan fingerprint density at radius 2 is 2.06 bits per heavy atom. The molecule has 0 aliphatic heterocycles. The number of amides is 1. The first kappa shape index (κ1) is 15.8. The van der Waals surface area contributed by atoms with E-state index in [0.29, 0.717) is 26.2 Å². The van der Waals surface area contributed by atoms with E-state index in [0.717, 1.165) is 6.42 Å². The molecule has 1 aromatic rings. The van der Waals surface area contributed by atoms with Crippen molar-refractivity contribution in [2.45, 2.75) is 26.3 Å². The molecule has 1 atom stereocenters. The lowest BCUT2D eigenvalue weighted by Gasteiger charge is -2.12. The Morgan fingerprint density at radius 1 is 1.39 bits per heavy atom. The molecule has 0 bridgehead atoms. The van der Waals surface area contributed by atoms with Gasteiger partial charge in [0.05, 0.1) is 22.3 Å². The minimum Gasteiger partial charge on any atom is -0.324 e. The maximum Gasteiger partial charge on any atom is 0.238 e. The average molecular weight is 354 g/mol. The van der Waals surface area contributed by atoms with E-state index >= 15 is 0 Å². The monoisotopic (exact) mass is 352 g/mol. The molecule has 0 spiro atoms. The van der Waals surface area contributed by atoms with Crippen LogP contribution >= 0.6 is 39.1 Å². The van der Waals surface area contributed by atoms with Gasteiger partial charge in [0.25, 0.3) is 0 Å². The quantitative estimate of drug-likeness (QED) is 0.783. The number of anilines is 1. The first-order valence-corrected chi connectivity index (χ1v) is 7.17. The van der Waals surface area contributed by atoms with Crippen LogP contribution in [0.4, 0.5) is 5.69 Å². The summed E-state index contributed by atoms with van der Waals surface area (Å²) in [5.41, 5.74) is 0.515. The van der Waals surface area contributed by atoms with E-state index in [-0.39, 0.29) is 12.5 Å². The Labute approximate surface area is 125 Å². The molecule has 0 aromatic heterocycles. The molecular formula is C12H15BrCl2N2O. The van der Waals surface area contributed by atoms with Crippen LogP contribution in [0.2, 0.25) is 10.0 Å². The Morgan fingerprint density at radius 3 is 2.67 bits per heavy atom. The third-order valence-corrected chi connectivity index (χ3v) is 4.30. The SMILES string of the molecule is CCC(C)NCC(=O)Nc1ccc(Br)c(Cl)c1Cl. The Bertz CT molecular complexity index is 440. The van der Waals surface area contributed by atoms with Gasteiger partial charge in [0.2, 0.25) is 5.91 Å². The van der Waals surface area contributed by atoms with Crippen LogP contribution in [-0.4, -0.2) is 18.5 Å². The first-order chi connectivity index (χ1) is 8.45. The van der Waals surface area contributed by atoms with Crippen LogP contribution in [0.25, 0.3) is 0 Å². The molecule has 0 saturated heterocycles. The molecule has 1 amide bonds. The minimum absolute atomic E-state index is 0.143. The summed E-state index contributed by atoms with van der Waals surface area (Å²) < 4.78 is 0.699. The lowest BCUT2D eigenvalue weighted by atomic mass is 10.2. The van der Waals surface area contributed by atoms with Crippen LogP contribution in [0.15, 0.2) is 16.6 Å². The molecule has 2 N–H and O–H groups in total. The number of rotatable bonds is 5. The zero-order chi connectivity index (χ0) is 13.7. The largest absolute Gasteiger partial charge is 0.324 e. The van der Waals surface area contributed by atoms with Gasteiger partial charge in [-0.3, -0.25) is 4.79 Å². The molecule has 0 heterocycles. The number of carbonyl (C=O) groups is 1. The van der Waals surface area contributed by atoms with E-state index < -0.39 is 0 Å². The van der Waals surface area contributed by atoms with Crippen molar-refractivity contribution in [2.75, 3.05) is 11.9 Å². The third-order valence-electron chi connectivity index (χ3n) is 2.53. The number of hydrogen-bond donors (Lipinski definition) is 2. The highest BCUT2D eigenvalue weighted by atomic mass is 79.9. The van der Waals surface area contributed by atoms with Crippen molar-refractivity contribution in [3.8, 4) is 0 Å². The summed E-state index contributed by atoms with van der Waals surface area (Å²) in [6.45, 7) is 4.33. The molecule has 0 aliphatic rings. The van der Waals surface area contributed by atoms with Gasteiger partial charge in [0.1, 0.15) is 0 Å². The van der Waals surface area contributed by atoms with Crippen molar-refractivity contribution in [1.29, 1.82) is 0 Å². The standard InChI is InChI=1S/C12H15BrCl2N2O/c1-3-7(2)16-6-10(18)17-9-5-4-8(13)11(14)12(9)15/h4-5,7,16H,3,6H2,1-2H3,(H,17,18). The van der Waals surface area contributed by atoms with E-state index in [1.54, 1.807) is 12.1 Å². The fraction of sp³-hybridized carbons (Fsp3) is 0.417. The van der Waals surface area contributed by atoms with Gasteiger partial charge >= 0.3 is 0 Å². The summed E-state index contributed by atoms with van der Waals surface area (Å²) in [6, 6.07) is 3.76. The number of nitrogens with one attached hydrogen (secondary N) is 2. The Balaban J connectivity index is 2.63. The predicted molar refractivity (Wildman–Crippen MR) is 80.5 cm³/mol. The lowest BCUT2D eigenvalue weighted by Crippen LogP contribution is -2.34. The zero-order valence-electron chi connectivity index (χ0n) is 10.2. The second kappa shape index (κ2) is 7.34. The maximum atomic E-state index is 11.7. The van der Waals surface area contributed by atoms with Crippen molar-refractivity contribution in [3.63, 3.8) is 0 Å². The van der Waals surface area contributed by atoms with Crippen LogP contribution in [0.5, 0.6) is 0 Å². The number of carbonyl (C=O) groups excluding carboxylic acids is 1. The number of benzene rings is 1. The molecule has 0 radical (unpaired) electrons. The first-order valence-electron chi connectivity index (χ1n) is 5.62. The molecule has 18 heavy (non-hydrogen) atoms. The molecule has 1 aromatic carbocycles. The molecule has 1 rings (SSSR count). The van der Waals surface area contributed by atoms with E-state index in [2.05, 4.69) is 33.5 Å². The molecule has 6 heteroatoms. The topological polar surface area (TPSA) is 41.1 Å². The summed E-state index contributed by atoms with van der Waals surface area (Å²) in [6.07, 6.45) is 0.970. The van der Waals surface area contributed by atoms with E-state index in [1.807, 2.05) is 6.92 Å². The van der Waals surface area contributed by atoms with Crippen LogP contribution in [0.3, 0.4) is 0 Å². The highest BCUT2D eigenvalue weighted by Gasteiger charge is 2.11. The minimum atomic E-state index is -0.143. The van der Waals surface area contributed by atoms with Crippen LogP contribution in [0, 0.1) is 0 Å². The maximum absolute atomic E-state index is 11.7. The fourth-order valence-electron chi connectivity index (χ4n) is 1.23. The predicted octanol–water partition coefficient (Wildman–Crippen LogP) is 4.08. The van der Waals surface area contributed by atoms with Gasteiger partial charge in [-0.25, -0.2) is 0 Å². The lowest BCUT2D eigenvalue weighted by molar-refractivity contribution is -0.115. The van der Waals surface area contributed by atoms with E-state index in [9.17, 15) is 4.79 Å². The van der Waals surface area contributed by atoms with Crippen molar-refractivity contribution in [2.24, 2.45) is 0 Å². The average Bonchev–Trinajstić information content (AvgIpc) is 2.36. The highest BCUT2D eigenvalue weighted by molar-refractivity contribution is 9.10. The highest BCUT2D eigenvalue weighted by Crippen LogP contribution is 2.35. The summed E-state index contributed by atoms with van der Waals surface area (Å²) >= 11 is 15.3. The summed E-state index contributed by atoms with van der Waals surface area (Å²) in [5, 5.41) is 6.55. The normalized spacial score (nSPS) is 12.3. The van der Waals surface area contributed by atoms with Gasteiger partial charge < -0.3 is 10.6 Å². The second-order valence-corrected chi connectivity index (χ2v) is 5.57. The molecule has 0 aliphatic carbocycles. The van der Waals surface area contributed by atoms with Gasteiger partial charge in [-0.1, -0.05) is 30.1 Å². The fourth-order valence-corrected chi connectivity index (χ4v) is 2.05. The van der Waals surface area contributed by atoms with Gasteiger partial charge in [-0.15, -0.1) is 0 Å².